The Labute approximate surface area is 133 Å². The summed E-state index contributed by atoms with van der Waals surface area (Å²) in [6.07, 6.45) is 0. The van der Waals surface area contributed by atoms with Gasteiger partial charge in [-0.1, -0.05) is 26.0 Å². The molecule has 0 saturated heterocycles. The van der Waals surface area contributed by atoms with Crippen LogP contribution in [0.25, 0.3) is 0 Å². The Morgan fingerprint density at radius 3 is 2.32 bits per heavy atom. The van der Waals surface area contributed by atoms with Crippen LogP contribution in [0.2, 0.25) is 0 Å². The lowest BCUT2D eigenvalue weighted by Gasteiger charge is -2.18. The molecule has 19 heavy (non-hydrogen) atoms. The highest BCUT2D eigenvalue weighted by molar-refractivity contribution is 14.0. The second-order valence-electron chi connectivity index (χ2n) is 3.99. The van der Waals surface area contributed by atoms with Gasteiger partial charge in [-0.25, -0.2) is 17.7 Å². The summed E-state index contributed by atoms with van der Waals surface area (Å²) in [5.41, 5.74) is 6.48. The molecule has 0 saturated carbocycles. The van der Waals surface area contributed by atoms with Crippen LogP contribution in [-0.2, 0) is 10.0 Å². The summed E-state index contributed by atoms with van der Waals surface area (Å²) in [5, 5.41) is 2.78. The van der Waals surface area contributed by atoms with Gasteiger partial charge in [0.1, 0.15) is 0 Å². The van der Waals surface area contributed by atoms with Crippen molar-refractivity contribution in [1.82, 2.24) is 9.62 Å². The molecule has 0 aromatic heterocycles. The molecule has 0 radical (unpaired) electrons. The number of halogens is 1. The first-order valence-electron chi connectivity index (χ1n) is 5.99. The van der Waals surface area contributed by atoms with Crippen LogP contribution in [0.15, 0.2) is 17.1 Å². The minimum atomic E-state index is -3.21. The number of aliphatic imine (C=N–C) groups is 1. The zero-order valence-corrected chi connectivity index (χ0v) is 15.0. The number of rotatable bonds is 8. The van der Waals surface area contributed by atoms with Crippen LogP contribution in [0, 0.1) is 0 Å². The van der Waals surface area contributed by atoms with Gasteiger partial charge < -0.3 is 11.1 Å². The van der Waals surface area contributed by atoms with Crippen molar-refractivity contribution in [2.45, 2.75) is 20.8 Å². The lowest BCUT2D eigenvalue weighted by Crippen LogP contribution is -2.39. The zero-order chi connectivity index (χ0) is 14.2. The molecule has 0 spiro atoms. The smallest absolute Gasteiger partial charge is 0.215 e. The summed E-state index contributed by atoms with van der Waals surface area (Å²) in [5.74, 6) is 0.255. The van der Waals surface area contributed by atoms with Gasteiger partial charge in [0, 0.05) is 19.6 Å². The number of guanidine groups is 1. The normalized spacial score (nSPS) is 12.1. The van der Waals surface area contributed by atoms with E-state index >= 15 is 0 Å². The first kappa shape index (κ1) is 21.0. The molecule has 0 aromatic rings. The van der Waals surface area contributed by atoms with Crippen molar-refractivity contribution in [2.24, 2.45) is 10.7 Å². The van der Waals surface area contributed by atoms with Crippen LogP contribution in [0.4, 0.5) is 0 Å². The van der Waals surface area contributed by atoms with Gasteiger partial charge in [-0.2, -0.15) is 0 Å². The third-order valence-electron chi connectivity index (χ3n) is 2.28. The standard InChI is InChI=1S/C11H24N4O2S.HI/c1-5-15(6-2)18(16,17)8-7-13-11(12)14-9-10(3)4;/h3,5-9H2,1-2,4H3,(H3,12,13,14);1H. The first-order valence-corrected chi connectivity index (χ1v) is 7.60. The van der Waals surface area contributed by atoms with Gasteiger partial charge in [0.15, 0.2) is 5.96 Å². The molecule has 0 aromatic carbocycles. The molecule has 0 bridgehead atoms. The Hall–Kier alpha value is -0.350. The second kappa shape index (κ2) is 10.4. The van der Waals surface area contributed by atoms with Crippen molar-refractivity contribution < 1.29 is 8.42 Å². The van der Waals surface area contributed by atoms with Gasteiger partial charge in [0.2, 0.25) is 10.0 Å². The van der Waals surface area contributed by atoms with E-state index in [0.717, 1.165) is 5.57 Å². The molecule has 0 aliphatic carbocycles. The monoisotopic (exact) mass is 404 g/mol. The summed E-state index contributed by atoms with van der Waals surface area (Å²) in [7, 11) is -3.21. The predicted molar refractivity (Wildman–Crippen MR) is 91.4 cm³/mol. The van der Waals surface area contributed by atoms with E-state index in [2.05, 4.69) is 16.9 Å². The first-order chi connectivity index (χ1) is 8.33. The third-order valence-corrected chi connectivity index (χ3v) is 4.31. The van der Waals surface area contributed by atoms with Crippen molar-refractivity contribution in [3.63, 3.8) is 0 Å². The highest BCUT2D eigenvalue weighted by Crippen LogP contribution is 1.99. The largest absolute Gasteiger partial charge is 0.370 e. The van der Waals surface area contributed by atoms with Crippen molar-refractivity contribution in [3.05, 3.63) is 12.2 Å². The number of nitrogens with one attached hydrogen (secondary N) is 1. The molecule has 0 atom stereocenters. The maximum atomic E-state index is 11.8. The number of nitrogens with zero attached hydrogens (tertiary/aromatic N) is 2. The fraction of sp³-hybridized carbons (Fsp3) is 0.727. The van der Waals surface area contributed by atoms with Crippen LogP contribution in [0.5, 0.6) is 0 Å². The highest BCUT2D eigenvalue weighted by atomic mass is 127. The Bertz CT molecular complexity index is 391. The summed E-state index contributed by atoms with van der Waals surface area (Å²) in [4.78, 5) is 4.00. The van der Waals surface area contributed by atoms with Gasteiger partial charge in [0.05, 0.1) is 12.3 Å². The molecule has 0 fully saturated rings. The van der Waals surface area contributed by atoms with Crippen molar-refractivity contribution in [3.8, 4) is 0 Å². The molecule has 0 heterocycles. The summed E-state index contributed by atoms with van der Waals surface area (Å²) in [6.45, 7) is 10.8. The molecule has 3 N–H and O–H groups in total. The molecule has 6 nitrogen and oxygen atoms in total. The van der Waals surface area contributed by atoms with E-state index in [-0.39, 0.29) is 42.2 Å². The topological polar surface area (TPSA) is 87.8 Å². The number of hydrogen-bond donors (Lipinski definition) is 2. The summed E-state index contributed by atoms with van der Waals surface area (Å²) < 4.78 is 25.1. The number of sulfonamides is 1. The average Bonchev–Trinajstić information content (AvgIpc) is 2.27. The molecular weight excluding hydrogens is 379 g/mol. The maximum absolute atomic E-state index is 11.8. The van der Waals surface area contributed by atoms with Crippen LogP contribution in [-0.4, -0.2) is 50.6 Å². The third kappa shape index (κ3) is 9.22. The van der Waals surface area contributed by atoms with E-state index < -0.39 is 10.0 Å². The SMILES string of the molecule is C=C(C)CN=C(N)NCCS(=O)(=O)N(CC)CC.I. The molecule has 0 amide bonds. The van der Waals surface area contributed by atoms with Crippen LogP contribution in [0.3, 0.4) is 0 Å². The lowest BCUT2D eigenvalue weighted by molar-refractivity contribution is 0.445. The molecule has 114 valence electrons. The van der Waals surface area contributed by atoms with E-state index in [9.17, 15) is 8.42 Å². The van der Waals surface area contributed by atoms with Crippen LogP contribution >= 0.6 is 24.0 Å². The lowest BCUT2D eigenvalue weighted by atomic mass is 10.4. The van der Waals surface area contributed by atoms with Gasteiger partial charge in [-0.15, -0.1) is 24.0 Å². The second-order valence-corrected chi connectivity index (χ2v) is 6.07. The van der Waals surface area contributed by atoms with Gasteiger partial charge in [-0.3, -0.25) is 0 Å². The maximum Gasteiger partial charge on any atom is 0.215 e. The molecule has 0 aliphatic heterocycles. The molecule has 8 heteroatoms. The van der Waals surface area contributed by atoms with E-state index in [0.29, 0.717) is 19.6 Å². The van der Waals surface area contributed by atoms with Gasteiger partial charge in [-0.05, 0) is 6.92 Å². The van der Waals surface area contributed by atoms with E-state index in [4.69, 9.17) is 5.73 Å². The quantitative estimate of drug-likeness (QED) is 0.271. The Kier molecular flexibility index (Phi) is 11.5. The van der Waals surface area contributed by atoms with Crippen molar-refractivity contribution in [1.29, 1.82) is 0 Å². The molecule has 0 unspecified atom stereocenters. The Morgan fingerprint density at radius 2 is 1.89 bits per heavy atom. The van der Waals surface area contributed by atoms with Crippen LogP contribution in [0.1, 0.15) is 20.8 Å². The van der Waals surface area contributed by atoms with Crippen molar-refractivity contribution in [2.75, 3.05) is 31.9 Å². The van der Waals surface area contributed by atoms with Gasteiger partial charge >= 0.3 is 0 Å². The minimum absolute atomic E-state index is 0. The zero-order valence-electron chi connectivity index (χ0n) is 11.8. The fourth-order valence-electron chi connectivity index (χ4n) is 1.33. The predicted octanol–water partition coefficient (Wildman–Crippen LogP) is 0.756. The number of nitrogens with two attached hydrogens (primary N) is 1. The van der Waals surface area contributed by atoms with Gasteiger partial charge in [0.25, 0.3) is 0 Å². The molecule has 0 rings (SSSR count). The van der Waals surface area contributed by atoms with E-state index in [1.165, 1.54) is 4.31 Å². The fourth-order valence-corrected chi connectivity index (χ4v) is 2.74. The summed E-state index contributed by atoms with van der Waals surface area (Å²) in [6, 6.07) is 0. The highest BCUT2D eigenvalue weighted by Gasteiger charge is 2.17. The summed E-state index contributed by atoms with van der Waals surface area (Å²) >= 11 is 0. The Morgan fingerprint density at radius 1 is 1.37 bits per heavy atom. The van der Waals surface area contributed by atoms with Crippen LogP contribution < -0.4 is 11.1 Å². The van der Waals surface area contributed by atoms with Crippen molar-refractivity contribution >= 4 is 40.0 Å². The minimum Gasteiger partial charge on any atom is -0.370 e. The molecular formula is C11H25IN4O2S. The van der Waals surface area contributed by atoms with E-state index in [1.54, 1.807) is 0 Å². The van der Waals surface area contributed by atoms with E-state index in [1.807, 2.05) is 20.8 Å². The number of hydrogen-bond acceptors (Lipinski definition) is 3. The average molecular weight is 404 g/mol. The molecule has 0 aliphatic rings. The Balaban J connectivity index is 0.